The van der Waals surface area contributed by atoms with Gasteiger partial charge in [-0.15, -0.1) is 0 Å². The summed E-state index contributed by atoms with van der Waals surface area (Å²) in [6.45, 7) is 2.54. The first kappa shape index (κ1) is 28.8. The van der Waals surface area contributed by atoms with Crippen molar-refractivity contribution in [2.75, 3.05) is 13.7 Å². The fraction of sp³-hybridized carbons (Fsp3) is 0.312. The molecule has 0 bridgehead atoms. The lowest BCUT2D eigenvalue weighted by Gasteiger charge is -2.27. The van der Waals surface area contributed by atoms with Crippen LogP contribution >= 0.6 is 0 Å². The number of pyridine rings is 1. The third-order valence-electron chi connectivity index (χ3n) is 8.63. The van der Waals surface area contributed by atoms with E-state index in [9.17, 15) is 39.3 Å². The van der Waals surface area contributed by atoms with Gasteiger partial charge in [-0.1, -0.05) is 31.0 Å². The maximum absolute atomic E-state index is 13.6. The number of aryl methyl sites for hydroxylation is 1. The molecule has 0 amide bonds. The molecule has 0 aliphatic heterocycles. The van der Waals surface area contributed by atoms with Gasteiger partial charge in [-0.3, -0.25) is 24.0 Å². The maximum atomic E-state index is 13.6. The van der Waals surface area contributed by atoms with Crippen LogP contribution in [-0.2, 0) is 16.7 Å². The van der Waals surface area contributed by atoms with Gasteiger partial charge in [-0.05, 0) is 42.7 Å². The molecule has 1 aromatic carbocycles. The van der Waals surface area contributed by atoms with E-state index in [4.69, 9.17) is 9.57 Å². The topological polar surface area (TPSA) is 193 Å². The first-order valence-corrected chi connectivity index (χ1v) is 14.2. The molecule has 0 fully saturated rings. The molecule has 12 nitrogen and oxygen atoms in total. The van der Waals surface area contributed by atoms with Crippen LogP contribution in [0.3, 0.4) is 0 Å². The molecule has 1 heterocycles. The van der Waals surface area contributed by atoms with E-state index < -0.39 is 76.6 Å². The van der Waals surface area contributed by atoms with Gasteiger partial charge in [0.1, 0.15) is 29.3 Å². The maximum Gasteiger partial charge on any atom is 0.260 e. The molecule has 1 atom stereocenters. The highest BCUT2D eigenvalue weighted by molar-refractivity contribution is 5.96. The molecule has 6 rings (SSSR count). The number of hydrogen-bond acceptors (Lipinski definition) is 11. The van der Waals surface area contributed by atoms with Gasteiger partial charge in [-0.2, -0.15) is 0 Å². The van der Waals surface area contributed by atoms with Gasteiger partial charge >= 0.3 is 0 Å². The predicted molar refractivity (Wildman–Crippen MR) is 161 cm³/mol. The van der Waals surface area contributed by atoms with Gasteiger partial charge in [0.25, 0.3) is 5.56 Å². The van der Waals surface area contributed by atoms with Crippen molar-refractivity contribution in [3.63, 3.8) is 0 Å². The number of benzene rings is 1. The minimum atomic E-state index is -1.96. The van der Waals surface area contributed by atoms with E-state index in [2.05, 4.69) is 17.1 Å². The van der Waals surface area contributed by atoms with Crippen molar-refractivity contribution < 1.29 is 24.9 Å². The first-order valence-electron chi connectivity index (χ1n) is 14.2. The lowest BCUT2D eigenvalue weighted by Crippen LogP contribution is -2.51. The molecule has 0 unspecified atom stereocenters. The van der Waals surface area contributed by atoms with E-state index in [0.717, 1.165) is 38.9 Å². The van der Waals surface area contributed by atoms with Gasteiger partial charge in [0, 0.05) is 11.6 Å². The van der Waals surface area contributed by atoms with Crippen molar-refractivity contribution in [3.8, 4) is 11.5 Å². The largest absolute Gasteiger partial charge is 0.510 e. The van der Waals surface area contributed by atoms with E-state index in [1.54, 1.807) is 12.1 Å². The standard InChI is InChI=1S/C32H28N2O10/c1-3-4-5-6-9-44-33-13-16-11-15-10-14-7-8-32(24(14)28(39)19(15)31(42)34-16)29(40)22-23(30(32)41)27(38)21-20(26(22)37)17(35)12-18(43-2)25(21)36/h10-13,39-41H,3-9H2,1-2H3,(H,34,42)/t32-/m0/s1. The highest BCUT2D eigenvalue weighted by atomic mass is 16.6. The molecule has 0 saturated heterocycles. The summed E-state index contributed by atoms with van der Waals surface area (Å²) < 4.78 is 4.90. The third-order valence-corrected chi connectivity index (χ3v) is 8.63. The third kappa shape index (κ3) is 3.90. The monoisotopic (exact) mass is 600 g/mol. The van der Waals surface area contributed by atoms with E-state index in [1.165, 1.54) is 6.21 Å². The number of nitrogens with zero attached hydrogens (tertiary/aromatic N) is 1. The molecular formula is C32H28N2O10. The Kier molecular flexibility index (Phi) is 6.87. The zero-order valence-corrected chi connectivity index (χ0v) is 23.9. The molecular weight excluding hydrogens is 572 g/mol. The number of phenols is 1. The second kappa shape index (κ2) is 10.5. The summed E-state index contributed by atoms with van der Waals surface area (Å²) in [5.74, 6) is -2.51. The van der Waals surface area contributed by atoms with Gasteiger partial charge < -0.3 is 29.9 Å². The van der Waals surface area contributed by atoms with Crippen molar-refractivity contribution in [1.82, 2.24) is 4.98 Å². The molecule has 0 radical (unpaired) electrons. The highest BCUT2D eigenvalue weighted by Crippen LogP contribution is 2.54. The van der Waals surface area contributed by atoms with E-state index >= 15 is 0 Å². The van der Waals surface area contributed by atoms with Crippen LogP contribution in [0.1, 0.15) is 55.8 Å². The number of ether oxygens (including phenoxy) is 1. The molecule has 4 N–H and O–H groups in total. The van der Waals surface area contributed by atoms with Crippen LogP contribution in [0.25, 0.3) is 22.3 Å². The quantitative estimate of drug-likeness (QED) is 0.125. The molecule has 226 valence electrons. The number of hydrogen-bond donors (Lipinski definition) is 4. The Hall–Kier alpha value is -5.26. The molecule has 0 saturated carbocycles. The number of phenolic OH excluding ortho intramolecular Hbond substituents is 1. The fourth-order valence-electron chi connectivity index (χ4n) is 6.58. The Labute approximate surface area is 246 Å². The number of nitrogens with one attached hydrogen (secondary N) is 1. The van der Waals surface area contributed by atoms with Crippen LogP contribution in [0.2, 0.25) is 0 Å². The summed E-state index contributed by atoms with van der Waals surface area (Å²) in [6.07, 6.45) is 5.50. The summed E-state index contributed by atoms with van der Waals surface area (Å²) in [5, 5.41) is 35.9. The van der Waals surface area contributed by atoms with E-state index in [0.29, 0.717) is 23.3 Å². The molecule has 1 aromatic heterocycles. The van der Waals surface area contributed by atoms with Gasteiger partial charge in [0.15, 0.2) is 11.2 Å². The van der Waals surface area contributed by atoms with Gasteiger partial charge in [-0.25, -0.2) is 0 Å². The smallest absolute Gasteiger partial charge is 0.260 e. The SMILES string of the molecule is CCCCCCON=Cc1cc2cc3c(c(O)c2c(=O)[nH]1)[C@@]1(CC3)C(O)=c2c(=O)c3c(=O)cc(OC)c(=O)c=3c(=O)c2=C1O. The Morgan fingerprint density at radius 3 is 2.30 bits per heavy atom. The predicted octanol–water partition coefficient (Wildman–Crippen LogP) is 0.444. The number of oxime groups is 1. The number of aliphatic hydroxyl groups excluding tert-OH is 2. The van der Waals surface area contributed by atoms with Crippen LogP contribution < -0.4 is 42.4 Å². The Morgan fingerprint density at radius 2 is 1.61 bits per heavy atom. The second-order valence-corrected chi connectivity index (χ2v) is 11.1. The molecule has 12 heteroatoms. The van der Waals surface area contributed by atoms with Crippen molar-refractivity contribution in [2.45, 2.75) is 50.9 Å². The van der Waals surface area contributed by atoms with Gasteiger partial charge in [0.2, 0.25) is 16.3 Å². The Morgan fingerprint density at radius 1 is 0.909 bits per heavy atom. The lowest BCUT2D eigenvalue weighted by atomic mass is 9.78. The number of aromatic hydroxyl groups is 1. The minimum Gasteiger partial charge on any atom is -0.510 e. The summed E-state index contributed by atoms with van der Waals surface area (Å²) >= 11 is 0. The van der Waals surface area contributed by atoms with Crippen LogP contribution in [0.15, 0.2) is 47.3 Å². The average molecular weight is 601 g/mol. The number of methoxy groups -OCH3 is 1. The number of unbranched alkanes of at least 4 members (excludes halogenated alkanes) is 3. The number of fused-ring (bicyclic) bond motifs is 4. The summed E-state index contributed by atoms with van der Waals surface area (Å²) in [6, 6.07) is 3.99. The summed E-state index contributed by atoms with van der Waals surface area (Å²) in [7, 11) is 1.12. The average Bonchev–Trinajstić information content (AvgIpc) is 3.48. The first-order chi connectivity index (χ1) is 21.1. The van der Waals surface area contributed by atoms with Crippen molar-refractivity contribution >= 4 is 28.5 Å². The molecule has 4 aliphatic carbocycles. The fourth-order valence-corrected chi connectivity index (χ4v) is 6.58. The summed E-state index contributed by atoms with van der Waals surface area (Å²) in [4.78, 5) is 73.9. The van der Waals surface area contributed by atoms with E-state index in [-0.39, 0.29) is 23.8 Å². The molecule has 2 aromatic rings. The molecule has 4 aliphatic rings. The Balaban J connectivity index is 1.54. The van der Waals surface area contributed by atoms with Crippen molar-refractivity contribution in [2.24, 2.45) is 5.16 Å². The number of aliphatic hydroxyl groups is 2. The minimum absolute atomic E-state index is 0.0522. The number of aromatic amines is 1. The zero-order valence-electron chi connectivity index (χ0n) is 23.9. The van der Waals surface area contributed by atoms with E-state index in [1.807, 2.05) is 0 Å². The zero-order chi connectivity index (χ0) is 31.5. The van der Waals surface area contributed by atoms with Crippen LogP contribution in [0.4, 0.5) is 0 Å². The number of rotatable bonds is 8. The normalized spacial score (nSPS) is 17.3. The number of H-pyrrole nitrogens is 1. The summed E-state index contributed by atoms with van der Waals surface area (Å²) in [5.41, 5.74) is -6.14. The van der Waals surface area contributed by atoms with Crippen molar-refractivity contribution in [3.05, 3.63) is 107 Å². The van der Waals surface area contributed by atoms with Crippen LogP contribution in [0.5, 0.6) is 11.5 Å². The van der Waals surface area contributed by atoms with Crippen molar-refractivity contribution in [1.29, 1.82) is 0 Å². The van der Waals surface area contributed by atoms with Crippen LogP contribution in [-0.4, -0.2) is 40.2 Å². The van der Waals surface area contributed by atoms with Crippen LogP contribution in [0, 0.1) is 10.4 Å². The molecule has 44 heavy (non-hydrogen) atoms. The number of aromatic nitrogens is 1. The lowest BCUT2D eigenvalue weighted by molar-refractivity contribution is 0.141. The Bertz CT molecular complexity index is 2390. The molecule has 1 spiro atoms. The van der Waals surface area contributed by atoms with Gasteiger partial charge in [0.05, 0.1) is 45.3 Å². The second-order valence-electron chi connectivity index (χ2n) is 11.1. The highest BCUT2D eigenvalue weighted by Gasteiger charge is 2.53.